The molecule has 0 heterocycles. The quantitative estimate of drug-likeness (QED) is 0.890. The highest BCUT2D eigenvalue weighted by Crippen LogP contribution is 2.56. The van der Waals surface area contributed by atoms with Crippen LogP contribution in [0, 0.1) is 17.3 Å². The average Bonchev–Trinajstić information content (AvgIpc) is 2.62. The van der Waals surface area contributed by atoms with Gasteiger partial charge in [0, 0.05) is 11.5 Å². The Bertz CT molecular complexity index is 490. The van der Waals surface area contributed by atoms with Crippen molar-refractivity contribution in [3.05, 3.63) is 35.4 Å². The number of fused-ring (bicyclic) bond motifs is 3. The lowest BCUT2D eigenvalue weighted by molar-refractivity contribution is -0.142. The molecule has 1 saturated carbocycles. The second-order valence-electron chi connectivity index (χ2n) is 6.62. The lowest BCUT2D eigenvalue weighted by Crippen LogP contribution is -2.48. The number of carboxylic acids is 1. The van der Waals surface area contributed by atoms with Crippen molar-refractivity contribution >= 4 is 5.97 Å². The average molecular weight is 273 g/mol. The molecule has 1 fully saturated rings. The van der Waals surface area contributed by atoms with Crippen LogP contribution in [0.5, 0.6) is 0 Å². The standard InChI is InChI=1S/C17H23NO2/c1-11(18)17(10-16(19)20)14-6-7-15(17)9-13-5-3-2-4-12(13)8-14/h2-5,11,14-15H,6-10,18H2,1H3,(H,19,20). The maximum Gasteiger partial charge on any atom is 0.303 e. The number of hydrogen-bond acceptors (Lipinski definition) is 2. The van der Waals surface area contributed by atoms with Crippen molar-refractivity contribution in [3.63, 3.8) is 0 Å². The molecule has 3 rings (SSSR count). The van der Waals surface area contributed by atoms with Gasteiger partial charge in [-0.1, -0.05) is 24.3 Å². The van der Waals surface area contributed by atoms with E-state index in [-0.39, 0.29) is 17.9 Å². The van der Waals surface area contributed by atoms with Gasteiger partial charge in [-0.25, -0.2) is 0 Å². The summed E-state index contributed by atoms with van der Waals surface area (Å²) in [5.41, 5.74) is 8.88. The summed E-state index contributed by atoms with van der Waals surface area (Å²) in [4.78, 5) is 11.4. The summed E-state index contributed by atoms with van der Waals surface area (Å²) in [5.74, 6) is 0.115. The zero-order valence-electron chi connectivity index (χ0n) is 12.0. The van der Waals surface area contributed by atoms with Gasteiger partial charge in [0.2, 0.25) is 0 Å². The fourth-order valence-electron chi connectivity index (χ4n) is 4.80. The molecule has 3 heteroatoms. The van der Waals surface area contributed by atoms with Gasteiger partial charge in [0.1, 0.15) is 0 Å². The van der Waals surface area contributed by atoms with Crippen LogP contribution in [0.1, 0.15) is 37.3 Å². The molecular formula is C17H23NO2. The Morgan fingerprint density at radius 3 is 2.20 bits per heavy atom. The van der Waals surface area contributed by atoms with Crippen LogP contribution in [0.25, 0.3) is 0 Å². The SMILES string of the molecule is CC(N)C1(CC(=O)O)C2CCC1Cc1ccccc1C2. The van der Waals surface area contributed by atoms with Crippen LogP contribution in [0.4, 0.5) is 0 Å². The van der Waals surface area contributed by atoms with E-state index in [2.05, 4.69) is 24.3 Å². The summed E-state index contributed by atoms with van der Waals surface area (Å²) in [6, 6.07) is 8.50. The maximum atomic E-state index is 11.4. The second kappa shape index (κ2) is 4.88. The molecule has 3 nitrogen and oxygen atoms in total. The lowest BCUT2D eigenvalue weighted by Gasteiger charge is -2.41. The molecule has 0 aliphatic heterocycles. The van der Waals surface area contributed by atoms with E-state index in [0.717, 1.165) is 25.7 Å². The van der Waals surface area contributed by atoms with Crippen LogP contribution in [-0.2, 0) is 17.6 Å². The van der Waals surface area contributed by atoms with Gasteiger partial charge in [0.15, 0.2) is 0 Å². The van der Waals surface area contributed by atoms with Crippen molar-refractivity contribution in [1.82, 2.24) is 0 Å². The number of carbonyl (C=O) groups is 1. The van der Waals surface area contributed by atoms with Crippen LogP contribution in [0.15, 0.2) is 24.3 Å². The second-order valence-corrected chi connectivity index (χ2v) is 6.62. The molecule has 1 aromatic carbocycles. The van der Waals surface area contributed by atoms with Crippen LogP contribution in [0.2, 0.25) is 0 Å². The largest absolute Gasteiger partial charge is 0.481 e. The van der Waals surface area contributed by atoms with Crippen molar-refractivity contribution in [2.75, 3.05) is 0 Å². The van der Waals surface area contributed by atoms with E-state index < -0.39 is 5.97 Å². The van der Waals surface area contributed by atoms with Gasteiger partial charge in [-0.2, -0.15) is 0 Å². The summed E-state index contributed by atoms with van der Waals surface area (Å²) in [6.45, 7) is 2.00. The molecule has 3 N–H and O–H groups in total. The van der Waals surface area contributed by atoms with Crippen molar-refractivity contribution < 1.29 is 9.90 Å². The Morgan fingerprint density at radius 1 is 1.30 bits per heavy atom. The highest BCUT2D eigenvalue weighted by molar-refractivity contribution is 5.68. The summed E-state index contributed by atoms with van der Waals surface area (Å²) in [5, 5.41) is 9.40. The van der Waals surface area contributed by atoms with E-state index in [1.807, 2.05) is 6.92 Å². The van der Waals surface area contributed by atoms with Gasteiger partial charge in [0.25, 0.3) is 0 Å². The zero-order chi connectivity index (χ0) is 14.3. The number of hydrogen-bond donors (Lipinski definition) is 2. The van der Waals surface area contributed by atoms with E-state index >= 15 is 0 Å². The van der Waals surface area contributed by atoms with Crippen LogP contribution in [-0.4, -0.2) is 17.1 Å². The predicted octanol–water partition coefficient (Wildman–Crippen LogP) is 2.62. The minimum absolute atomic E-state index is 0.0644. The molecule has 108 valence electrons. The molecule has 0 aromatic heterocycles. The first-order chi connectivity index (χ1) is 9.54. The summed E-state index contributed by atoms with van der Waals surface area (Å²) in [6.07, 6.45) is 4.43. The molecular weight excluding hydrogens is 250 g/mol. The fraction of sp³-hybridized carbons (Fsp3) is 0.588. The molecule has 2 bridgehead atoms. The number of benzene rings is 1. The van der Waals surface area contributed by atoms with Gasteiger partial charge in [-0.15, -0.1) is 0 Å². The number of nitrogens with two attached hydrogens (primary N) is 1. The minimum Gasteiger partial charge on any atom is -0.481 e. The molecule has 0 amide bonds. The molecule has 0 saturated heterocycles. The third kappa shape index (κ3) is 1.96. The van der Waals surface area contributed by atoms with E-state index in [4.69, 9.17) is 5.73 Å². The molecule has 0 spiro atoms. The van der Waals surface area contributed by atoms with Gasteiger partial charge >= 0.3 is 5.97 Å². The topological polar surface area (TPSA) is 63.3 Å². The highest BCUT2D eigenvalue weighted by atomic mass is 16.4. The first kappa shape index (κ1) is 13.6. The van der Waals surface area contributed by atoms with Crippen molar-refractivity contribution in [1.29, 1.82) is 0 Å². The first-order valence-corrected chi connectivity index (χ1v) is 7.58. The summed E-state index contributed by atoms with van der Waals surface area (Å²) >= 11 is 0. The van der Waals surface area contributed by atoms with E-state index in [0.29, 0.717) is 11.8 Å². The Labute approximate surface area is 120 Å². The monoisotopic (exact) mass is 273 g/mol. The highest BCUT2D eigenvalue weighted by Gasteiger charge is 2.54. The molecule has 20 heavy (non-hydrogen) atoms. The van der Waals surface area contributed by atoms with E-state index in [1.165, 1.54) is 11.1 Å². The third-order valence-electron chi connectivity index (χ3n) is 5.74. The van der Waals surface area contributed by atoms with Crippen LogP contribution >= 0.6 is 0 Å². The van der Waals surface area contributed by atoms with Gasteiger partial charge in [-0.05, 0) is 55.6 Å². The Morgan fingerprint density at radius 2 is 1.80 bits per heavy atom. The lowest BCUT2D eigenvalue weighted by atomic mass is 9.64. The molecule has 2 aliphatic carbocycles. The van der Waals surface area contributed by atoms with Crippen LogP contribution < -0.4 is 5.73 Å². The maximum absolute atomic E-state index is 11.4. The number of rotatable bonds is 3. The van der Waals surface area contributed by atoms with Crippen molar-refractivity contribution in [2.24, 2.45) is 23.0 Å². The van der Waals surface area contributed by atoms with E-state index in [9.17, 15) is 9.90 Å². The molecule has 2 aliphatic rings. The summed E-state index contributed by atoms with van der Waals surface area (Å²) in [7, 11) is 0. The number of aliphatic carboxylic acids is 1. The third-order valence-corrected chi connectivity index (χ3v) is 5.74. The zero-order valence-corrected chi connectivity index (χ0v) is 12.0. The predicted molar refractivity (Wildman–Crippen MR) is 78.4 cm³/mol. The van der Waals surface area contributed by atoms with Crippen LogP contribution in [0.3, 0.4) is 0 Å². The van der Waals surface area contributed by atoms with Gasteiger partial charge in [-0.3, -0.25) is 4.79 Å². The Kier molecular flexibility index (Phi) is 3.33. The molecule has 3 unspecified atom stereocenters. The van der Waals surface area contributed by atoms with Gasteiger partial charge < -0.3 is 10.8 Å². The Hall–Kier alpha value is -1.35. The van der Waals surface area contributed by atoms with Crippen molar-refractivity contribution in [3.8, 4) is 0 Å². The fourth-order valence-corrected chi connectivity index (χ4v) is 4.80. The smallest absolute Gasteiger partial charge is 0.303 e. The Balaban J connectivity index is 2.04. The molecule has 1 aromatic rings. The van der Waals surface area contributed by atoms with E-state index in [1.54, 1.807) is 0 Å². The molecule has 0 radical (unpaired) electrons. The normalized spacial score (nSPS) is 33.3. The summed E-state index contributed by atoms with van der Waals surface area (Å²) < 4.78 is 0. The number of carboxylic acid groups (broad SMARTS) is 1. The van der Waals surface area contributed by atoms with Gasteiger partial charge in [0.05, 0.1) is 6.42 Å². The first-order valence-electron chi connectivity index (χ1n) is 7.58. The molecule has 3 atom stereocenters. The van der Waals surface area contributed by atoms with Crippen molar-refractivity contribution in [2.45, 2.75) is 45.1 Å². The minimum atomic E-state index is -0.704.